The van der Waals surface area contributed by atoms with E-state index in [2.05, 4.69) is 204 Å². The summed E-state index contributed by atoms with van der Waals surface area (Å²) in [6.07, 6.45) is 9.84. The number of benzene rings is 7. The van der Waals surface area contributed by atoms with Gasteiger partial charge in [0.2, 0.25) is 0 Å². The van der Waals surface area contributed by atoms with Crippen LogP contribution >= 0.6 is 0 Å². The molecular weight excluding hydrogens is 798 g/mol. The van der Waals surface area contributed by atoms with Crippen molar-refractivity contribution in [2.45, 2.75) is 129 Å². The van der Waals surface area contributed by atoms with Crippen LogP contribution in [0.3, 0.4) is 0 Å². The molecule has 0 spiro atoms. The molecule has 2 saturated carbocycles. The Bertz CT molecular complexity index is 3190. The van der Waals surface area contributed by atoms with Gasteiger partial charge in [0.25, 0.3) is 6.71 Å². The van der Waals surface area contributed by atoms with Crippen molar-refractivity contribution in [1.29, 1.82) is 0 Å². The van der Waals surface area contributed by atoms with Crippen molar-refractivity contribution in [3.8, 4) is 22.3 Å². The molecule has 0 amide bonds. The Morgan fingerprint density at radius 2 is 1.02 bits per heavy atom. The van der Waals surface area contributed by atoms with Gasteiger partial charge in [0.15, 0.2) is 0 Å². The highest BCUT2D eigenvalue weighted by molar-refractivity contribution is 7.00. The molecule has 2 fully saturated rings. The number of anilines is 7. The van der Waals surface area contributed by atoms with Crippen molar-refractivity contribution < 1.29 is 0 Å². The minimum absolute atomic E-state index is 0.0234. The normalized spacial score (nSPS) is 25.2. The van der Waals surface area contributed by atoms with Crippen LogP contribution in [0, 0.1) is 27.7 Å². The van der Waals surface area contributed by atoms with E-state index in [9.17, 15) is 0 Å². The molecule has 4 atom stereocenters. The lowest BCUT2D eigenvalue weighted by atomic mass is 9.32. The number of rotatable bonds is 4. The second kappa shape index (κ2) is 13.8. The average Bonchev–Trinajstić information content (AvgIpc) is 3.67. The number of fused-ring (bicyclic) bond motifs is 10. The summed E-state index contributed by atoms with van der Waals surface area (Å²) in [4.78, 5) is 8.51. The van der Waals surface area contributed by atoms with Gasteiger partial charge in [-0.2, -0.15) is 0 Å². The van der Waals surface area contributed by atoms with Crippen LogP contribution in [-0.4, -0.2) is 17.8 Å². The summed E-state index contributed by atoms with van der Waals surface area (Å²) < 4.78 is 0. The number of hydrogen-bond acceptors (Lipinski definition) is 3. The van der Waals surface area contributed by atoms with Crippen molar-refractivity contribution in [3.05, 3.63) is 167 Å². The molecule has 7 aromatic rings. The molecule has 7 aromatic carbocycles. The Labute approximate surface area is 393 Å². The van der Waals surface area contributed by atoms with E-state index in [0.717, 1.165) is 0 Å². The van der Waals surface area contributed by atoms with Gasteiger partial charge in [0.1, 0.15) is 0 Å². The SMILES string of the molecule is Cc1cc(C)c2c(c1)N(c1cc3c4c(c1)N1c5c(c(C)cc(C)c5C5(C)CCCCC15C)B4c1ccc(-c4ccccc4)cc1N3c1cccc(-c3ccccc3)c1)C1(C)CCCCC21C. The predicted octanol–water partition coefficient (Wildman–Crippen LogP) is 14.4. The van der Waals surface area contributed by atoms with Crippen LogP contribution in [0.15, 0.2) is 133 Å². The zero-order valence-corrected chi connectivity index (χ0v) is 40.3. The van der Waals surface area contributed by atoms with Crippen molar-refractivity contribution in [3.63, 3.8) is 0 Å². The molecule has 4 heteroatoms. The van der Waals surface area contributed by atoms with E-state index < -0.39 is 0 Å². The molecule has 4 aliphatic heterocycles. The van der Waals surface area contributed by atoms with Gasteiger partial charge < -0.3 is 14.7 Å². The monoisotopic (exact) mass is 860 g/mol. The molecule has 6 aliphatic rings. The molecule has 3 nitrogen and oxygen atoms in total. The molecular formula is C62H62BN3. The van der Waals surface area contributed by atoms with Gasteiger partial charge in [-0.3, -0.25) is 0 Å². The molecule has 0 aromatic heterocycles. The second-order valence-electron chi connectivity index (χ2n) is 22.1. The fourth-order valence-corrected chi connectivity index (χ4v) is 15.4. The molecule has 0 N–H and O–H groups in total. The Kier molecular flexibility index (Phi) is 8.42. The summed E-state index contributed by atoms with van der Waals surface area (Å²) in [5.41, 5.74) is 27.5. The van der Waals surface area contributed by atoms with E-state index in [1.165, 1.54) is 152 Å². The maximum Gasteiger partial charge on any atom is 0.252 e. The van der Waals surface area contributed by atoms with Gasteiger partial charge in [-0.1, -0.05) is 142 Å². The first kappa shape index (κ1) is 40.3. The lowest BCUT2D eigenvalue weighted by Crippen LogP contribution is -2.65. The van der Waals surface area contributed by atoms with Crippen LogP contribution in [0.1, 0.15) is 112 Å². The van der Waals surface area contributed by atoms with Gasteiger partial charge in [-0.15, -0.1) is 0 Å². The number of nitrogens with zero attached hydrogens (tertiary/aromatic N) is 3. The molecule has 0 radical (unpaired) electrons. The minimum atomic E-state index is -0.0865. The Hall–Kier alpha value is -6.00. The third-order valence-electron chi connectivity index (χ3n) is 18.7. The Morgan fingerprint density at radius 1 is 0.424 bits per heavy atom. The van der Waals surface area contributed by atoms with Crippen LogP contribution < -0.4 is 31.1 Å². The van der Waals surface area contributed by atoms with E-state index in [-0.39, 0.29) is 28.6 Å². The van der Waals surface area contributed by atoms with Gasteiger partial charge in [-0.05, 0) is 170 Å². The summed E-state index contributed by atoms with van der Waals surface area (Å²) in [5.74, 6) is 0. The first-order valence-corrected chi connectivity index (χ1v) is 25.1. The number of hydrogen-bond donors (Lipinski definition) is 0. The highest BCUT2D eigenvalue weighted by Gasteiger charge is 2.63. The molecule has 66 heavy (non-hydrogen) atoms. The lowest BCUT2D eigenvalue weighted by Gasteiger charge is -2.54. The van der Waals surface area contributed by atoms with Crippen molar-refractivity contribution in [2.75, 3.05) is 14.7 Å². The fraction of sp³-hybridized carbons (Fsp3) is 0.323. The van der Waals surface area contributed by atoms with Crippen molar-refractivity contribution in [2.24, 2.45) is 0 Å². The first-order valence-electron chi connectivity index (χ1n) is 25.1. The maximum atomic E-state index is 2.96. The van der Waals surface area contributed by atoms with E-state index in [1.807, 2.05) is 0 Å². The van der Waals surface area contributed by atoms with Crippen LogP contribution in [0.25, 0.3) is 22.3 Å². The second-order valence-corrected chi connectivity index (χ2v) is 22.1. The molecule has 328 valence electrons. The summed E-state index contributed by atoms with van der Waals surface area (Å²) in [5, 5.41) is 0. The fourth-order valence-electron chi connectivity index (χ4n) is 15.4. The average molecular weight is 860 g/mol. The third kappa shape index (κ3) is 5.06. The van der Waals surface area contributed by atoms with Crippen LogP contribution in [-0.2, 0) is 10.8 Å². The summed E-state index contributed by atoms with van der Waals surface area (Å²) >= 11 is 0. The van der Waals surface area contributed by atoms with E-state index in [0.29, 0.717) is 0 Å². The zero-order chi connectivity index (χ0) is 45.1. The standard InChI is InChI=1S/C62H62BN3/c1-39-32-40(2)54-51(33-39)65(61(7)30-17-15-28-59(54,61)5)48-37-52-57-53(38-48)66-58-55(60(6)29-16-18-31-62(60,66)8)41(3)34-42(4)56(58)63(57)49-27-26-46(44-22-13-10-14-23-44)36-50(49)64(52)47-25-19-24-45(35-47)43-20-11-9-12-21-43/h9-14,19-27,32-38H,15-18,28-31H2,1-8H3. The van der Waals surface area contributed by atoms with Crippen molar-refractivity contribution in [1.82, 2.24) is 0 Å². The molecule has 0 saturated heterocycles. The van der Waals surface area contributed by atoms with Gasteiger partial charge in [0, 0.05) is 50.6 Å². The smallest absolute Gasteiger partial charge is 0.252 e. The maximum absolute atomic E-state index is 2.96. The van der Waals surface area contributed by atoms with Crippen molar-refractivity contribution >= 4 is 62.9 Å². The quantitative estimate of drug-likeness (QED) is 0.163. The predicted molar refractivity (Wildman–Crippen MR) is 281 cm³/mol. The third-order valence-corrected chi connectivity index (χ3v) is 18.7. The Balaban J connectivity index is 1.17. The molecule has 4 unspecified atom stereocenters. The van der Waals surface area contributed by atoms with Crippen LogP contribution in [0.5, 0.6) is 0 Å². The highest BCUT2D eigenvalue weighted by Crippen LogP contribution is 2.65. The first-order chi connectivity index (χ1) is 31.9. The molecule has 13 rings (SSSR count). The molecule has 4 heterocycles. The lowest BCUT2D eigenvalue weighted by molar-refractivity contribution is 0.193. The summed E-state index contributed by atoms with van der Waals surface area (Å²) in [6, 6.07) is 51.7. The van der Waals surface area contributed by atoms with Gasteiger partial charge in [-0.25, -0.2) is 0 Å². The van der Waals surface area contributed by atoms with Crippen LogP contribution in [0.2, 0.25) is 0 Å². The summed E-state index contributed by atoms with van der Waals surface area (Å²) in [7, 11) is 0. The van der Waals surface area contributed by atoms with E-state index in [1.54, 1.807) is 11.1 Å². The van der Waals surface area contributed by atoms with Gasteiger partial charge >= 0.3 is 0 Å². The highest BCUT2D eigenvalue weighted by atomic mass is 15.3. The zero-order valence-electron chi connectivity index (χ0n) is 40.3. The largest absolute Gasteiger partial charge is 0.335 e. The Morgan fingerprint density at radius 3 is 1.71 bits per heavy atom. The molecule has 2 aliphatic carbocycles. The van der Waals surface area contributed by atoms with Crippen LogP contribution in [0.4, 0.5) is 39.8 Å². The summed E-state index contributed by atoms with van der Waals surface area (Å²) in [6.45, 7) is 20.1. The van der Waals surface area contributed by atoms with E-state index >= 15 is 0 Å². The topological polar surface area (TPSA) is 9.72 Å². The molecule has 0 bridgehead atoms. The van der Waals surface area contributed by atoms with E-state index in [4.69, 9.17) is 0 Å². The number of aryl methyl sites for hydroxylation is 4. The minimum Gasteiger partial charge on any atom is -0.335 e. The van der Waals surface area contributed by atoms with Gasteiger partial charge in [0.05, 0.1) is 11.1 Å².